The lowest BCUT2D eigenvalue weighted by Crippen LogP contribution is -2.62. The molecule has 0 heterocycles. The van der Waals surface area contributed by atoms with Gasteiger partial charge in [0.15, 0.2) is 0 Å². The van der Waals surface area contributed by atoms with Crippen molar-refractivity contribution in [1.82, 2.24) is 0 Å². The second kappa shape index (κ2) is 5.71. The molecule has 0 unspecified atom stereocenters. The first-order chi connectivity index (χ1) is 8.75. The molecule has 0 radical (unpaired) electrons. The van der Waals surface area contributed by atoms with Crippen molar-refractivity contribution in [2.75, 3.05) is 0 Å². The van der Waals surface area contributed by atoms with Gasteiger partial charge < -0.3 is 9.84 Å². The van der Waals surface area contributed by atoms with Crippen molar-refractivity contribution in [3.05, 3.63) is 12.2 Å². The van der Waals surface area contributed by atoms with E-state index in [1.807, 2.05) is 0 Å². The maximum atomic E-state index is 12.7. The van der Waals surface area contributed by atoms with Crippen LogP contribution in [0.25, 0.3) is 0 Å². The summed E-state index contributed by atoms with van der Waals surface area (Å²) in [5, 5.41) is 8.15. The highest BCUT2D eigenvalue weighted by molar-refractivity contribution is 5.91. The van der Waals surface area contributed by atoms with Crippen LogP contribution in [-0.4, -0.2) is 35.0 Å². The van der Waals surface area contributed by atoms with Gasteiger partial charge in [0, 0.05) is 18.1 Å². The van der Waals surface area contributed by atoms with Crippen LogP contribution < -0.4 is 0 Å². The molecule has 0 atom stereocenters. The number of carbonyl (C=O) groups is 2. The van der Waals surface area contributed by atoms with Gasteiger partial charge in [-0.25, -0.2) is 9.59 Å². The Morgan fingerprint density at radius 1 is 1.00 bits per heavy atom. The Labute approximate surface area is 109 Å². The number of hydrogen-bond acceptors (Lipinski definition) is 3. The summed E-state index contributed by atoms with van der Waals surface area (Å²) in [5.41, 5.74) is -4.71. The molecule has 0 bridgehead atoms. The fourth-order valence-electron chi connectivity index (χ4n) is 1.38. The number of carboxylic acid groups (broad SMARTS) is 1. The van der Waals surface area contributed by atoms with E-state index in [1.165, 1.54) is 0 Å². The molecular weight excluding hydrogens is 298 g/mol. The fraction of sp³-hybridized carbons (Fsp3) is 0.600. The third kappa shape index (κ3) is 3.64. The summed E-state index contributed by atoms with van der Waals surface area (Å²) in [6.07, 6.45) is -11.8. The van der Waals surface area contributed by atoms with Crippen LogP contribution in [0.15, 0.2) is 12.2 Å². The minimum absolute atomic E-state index is 0.0308. The van der Waals surface area contributed by atoms with Crippen molar-refractivity contribution in [2.45, 2.75) is 31.8 Å². The highest BCUT2D eigenvalue weighted by Gasteiger charge is 2.75. The van der Waals surface area contributed by atoms with E-state index < -0.39 is 35.8 Å². The number of alkyl halides is 6. The zero-order valence-electron chi connectivity index (χ0n) is 10.2. The van der Waals surface area contributed by atoms with Crippen LogP contribution in [0.2, 0.25) is 0 Å². The molecule has 4 nitrogen and oxygen atoms in total. The molecule has 0 amide bonds. The summed E-state index contributed by atoms with van der Waals surface area (Å²) in [6, 6.07) is 0. The number of esters is 1. The standard InChI is InChI=1S/C10H10F6O4/c1-5(2)8(9(11,12)13,10(14,15)16)20-7(19)4-3-6(17)18/h3-5H,1-2H3,(H,17,18). The Kier molecular flexibility index (Phi) is 5.22. The predicted molar refractivity (Wildman–Crippen MR) is 52.5 cm³/mol. The van der Waals surface area contributed by atoms with Gasteiger partial charge in [0.25, 0.3) is 0 Å². The van der Waals surface area contributed by atoms with Gasteiger partial charge in [0.1, 0.15) is 0 Å². The van der Waals surface area contributed by atoms with E-state index in [4.69, 9.17) is 5.11 Å². The molecular formula is C10H10F6O4. The molecule has 116 valence electrons. The van der Waals surface area contributed by atoms with E-state index in [2.05, 4.69) is 4.74 Å². The highest BCUT2D eigenvalue weighted by Crippen LogP contribution is 2.50. The second-order valence-corrected chi connectivity index (χ2v) is 3.98. The fourth-order valence-corrected chi connectivity index (χ4v) is 1.38. The number of aliphatic carboxylic acids is 1. The summed E-state index contributed by atoms with van der Waals surface area (Å²) < 4.78 is 80.0. The van der Waals surface area contributed by atoms with E-state index in [1.54, 1.807) is 0 Å². The lowest BCUT2D eigenvalue weighted by molar-refractivity contribution is -0.381. The van der Waals surface area contributed by atoms with Gasteiger partial charge in [-0.3, -0.25) is 0 Å². The third-order valence-corrected chi connectivity index (χ3v) is 2.28. The van der Waals surface area contributed by atoms with Crippen molar-refractivity contribution < 1.29 is 45.8 Å². The molecule has 0 spiro atoms. The van der Waals surface area contributed by atoms with Gasteiger partial charge in [-0.1, -0.05) is 13.8 Å². The summed E-state index contributed by atoms with van der Waals surface area (Å²) in [5.74, 6) is -5.95. The molecule has 0 saturated carbocycles. The van der Waals surface area contributed by atoms with Crippen LogP contribution in [0.4, 0.5) is 26.3 Å². The van der Waals surface area contributed by atoms with Crippen LogP contribution >= 0.6 is 0 Å². The molecule has 0 saturated heterocycles. The topological polar surface area (TPSA) is 63.6 Å². The van der Waals surface area contributed by atoms with Crippen LogP contribution in [0.3, 0.4) is 0 Å². The van der Waals surface area contributed by atoms with Crippen LogP contribution in [0, 0.1) is 5.92 Å². The van der Waals surface area contributed by atoms with Crippen molar-refractivity contribution in [3.63, 3.8) is 0 Å². The summed E-state index contributed by atoms with van der Waals surface area (Å²) in [6.45, 7) is 1.16. The Balaban J connectivity index is 5.68. The Morgan fingerprint density at radius 3 is 1.65 bits per heavy atom. The molecule has 0 aliphatic carbocycles. The first-order valence-corrected chi connectivity index (χ1v) is 5.03. The summed E-state index contributed by atoms with van der Waals surface area (Å²) >= 11 is 0. The van der Waals surface area contributed by atoms with Crippen molar-refractivity contribution in [1.29, 1.82) is 0 Å². The molecule has 0 aromatic carbocycles. The number of hydrogen-bond donors (Lipinski definition) is 1. The molecule has 0 aliphatic rings. The quantitative estimate of drug-likeness (QED) is 0.493. The first kappa shape index (κ1) is 18.3. The number of ether oxygens (including phenoxy) is 1. The SMILES string of the molecule is CC(C)C(OC(=O)C=CC(=O)O)(C(F)(F)F)C(F)(F)F. The van der Waals surface area contributed by atoms with E-state index in [0.717, 1.165) is 0 Å². The molecule has 10 heteroatoms. The van der Waals surface area contributed by atoms with Gasteiger partial charge >= 0.3 is 29.9 Å². The minimum Gasteiger partial charge on any atom is -0.478 e. The normalized spacial score (nSPS) is 13.8. The van der Waals surface area contributed by atoms with Gasteiger partial charge in [-0.2, -0.15) is 26.3 Å². The molecule has 20 heavy (non-hydrogen) atoms. The van der Waals surface area contributed by atoms with Crippen molar-refractivity contribution in [2.24, 2.45) is 5.92 Å². The van der Waals surface area contributed by atoms with Crippen LogP contribution in [0.5, 0.6) is 0 Å². The summed E-state index contributed by atoms with van der Waals surface area (Å²) in [4.78, 5) is 21.0. The largest absolute Gasteiger partial charge is 0.478 e. The third-order valence-electron chi connectivity index (χ3n) is 2.28. The zero-order chi connectivity index (χ0) is 16.4. The molecule has 0 aliphatic heterocycles. The lowest BCUT2D eigenvalue weighted by Gasteiger charge is -2.39. The summed E-state index contributed by atoms with van der Waals surface area (Å²) in [7, 11) is 0. The molecule has 0 aromatic rings. The second-order valence-electron chi connectivity index (χ2n) is 3.98. The Bertz CT molecular complexity index is 393. The molecule has 0 fully saturated rings. The number of carboxylic acids is 1. The van der Waals surface area contributed by atoms with Gasteiger partial charge in [0.05, 0.1) is 0 Å². The first-order valence-electron chi connectivity index (χ1n) is 5.03. The van der Waals surface area contributed by atoms with E-state index >= 15 is 0 Å². The van der Waals surface area contributed by atoms with Gasteiger partial charge in [-0.15, -0.1) is 0 Å². The van der Waals surface area contributed by atoms with Crippen molar-refractivity contribution in [3.8, 4) is 0 Å². The van der Waals surface area contributed by atoms with Crippen LogP contribution in [0.1, 0.15) is 13.8 Å². The number of rotatable bonds is 4. The maximum absolute atomic E-state index is 12.7. The van der Waals surface area contributed by atoms with Crippen LogP contribution in [-0.2, 0) is 14.3 Å². The van der Waals surface area contributed by atoms with Gasteiger partial charge in [0.2, 0.25) is 0 Å². The number of halogens is 6. The lowest BCUT2D eigenvalue weighted by atomic mass is 9.88. The van der Waals surface area contributed by atoms with Crippen molar-refractivity contribution >= 4 is 11.9 Å². The predicted octanol–water partition coefficient (Wildman–Crippen LogP) is 2.69. The van der Waals surface area contributed by atoms with E-state index in [9.17, 15) is 35.9 Å². The average molecular weight is 308 g/mol. The van der Waals surface area contributed by atoms with E-state index in [0.29, 0.717) is 13.8 Å². The molecule has 0 aromatic heterocycles. The number of carbonyl (C=O) groups excluding carboxylic acids is 1. The minimum atomic E-state index is -5.91. The molecule has 1 N–H and O–H groups in total. The smallest absolute Gasteiger partial charge is 0.437 e. The highest BCUT2D eigenvalue weighted by atomic mass is 19.4. The molecule has 0 rings (SSSR count). The zero-order valence-corrected chi connectivity index (χ0v) is 10.2. The maximum Gasteiger partial charge on any atom is 0.437 e. The Morgan fingerprint density at radius 2 is 1.40 bits per heavy atom. The monoisotopic (exact) mass is 308 g/mol. The van der Waals surface area contributed by atoms with E-state index in [-0.39, 0.29) is 12.2 Å². The van der Waals surface area contributed by atoms with Gasteiger partial charge in [-0.05, 0) is 0 Å². The average Bonchev–Trinajstić information content (AvgIpc) is 2.18. The Hall–Kier alpha value is -1.74.